The molecule has 15 nitrogen and oxygen atoms in total. The zero-order chi connectivity index (χ0) is 39.0. The van der Waals surface area contributed by atoms with Gasteiger partial charge in [0, 0.05) is 43.1 Å². The second kappa shape index (κ2) is 19.0. The van der Waals surface area contributed by atoms with E-state index in [-0.39, 0.29) is 30.5 Å². The van der Waals surface area contributed by atoms with Crippen molar-refractivity contribution in [3.8, 4) is 0 Å². The third kappa shape index (κ3) is 9.85. The number of cyclic esters (lactones) is 1. The lowest BCUT2D eigenvalue weighted by Gasteiger charge is -2.46. The number of carbonyl (C=O) groups is 3. The Hall–Kier alpha value is -2.78. The summed E-state index contributed by atoms with van der Waals surface area (Å²) in [6, 6.07) is -1.09. The Bertz CT molecular complexity index is 1280. The van der Waals surface area contributed by atoms with Gasteiger partial charge in [-0.25, -0.2) is 4.79 Å². The lowest BCUT2D eigenvalue weighted by atomic mass is 9.77. The third-order valence-electron chi connectivity index (χ3n) is 11.3. The summed E-state index contributed by atoms with van der Waals surface area (Å²) < 4.78 is 31.4. The number of aliphatic hydroxyl groups excluding tert-OH is 1. The smallest absolute Gasteiger partial charge is 0.410 e. The quantitative estimate of drug-likeness (QED) is 0.0543. The number of esters is 1. The first-order chi connectivity index (χ1) is 24.5. The Kier molecular flexibility index (Phi) is 15.9. The predicted molar refractivity (Wildman–Crippen MR) is 195 cm³/mol. The van der Waals surface area contributed by atoms with E-state index in [1.165, 1.54) is 6.08 Å². The van der Waals surface area contributed by atoms with Crippen molar-refractivity contribution in [1.82, 2.24) is 15.1 Å². The molecule has 0 saturated carbocycles. The number of ketones is 1. The fourth-order valence-electron chi connectivity index (χ4n) is 8.45. The number of nitrogens with zero attached hydrogens (tertiary/aromatic N) is 5. The minimum atomic E-state index is -1.25. The van der Waals surface area contributed by atoms with Crippen LogP contribution in [0.1, 0.15) is 87.0 Å². The van der Waals surface area contributed by atoms with E-state index >= 15 is 0 Å². The molecule has 0 bridgehead atoms. The maximum absolute atomic E-state index is 14.6. The molecule has 0 aliphatic carbocycles. The molecule has 3 rings (SSSR count). The SMILES string of the molecule is C=CC[C@H]1C(=O)O[C@H](CC)[C@@]2(C)OC(=O)N(CCCCN=[N+]=[N-])[C@@H]2[C@@H](C)NC[C@H](C)C[C@@](C)(OC)[C@H](O[C@@H]2O[C@H](C)CC(N(C)C)C2O)[C@@H](C)C1=O. The summed E-state index contributed by atoms with van der Waals surface area (Å²) in [7, 11) is 5.36. The summed E-state index contributed by atoms with van der Waals surface area (Å²) in [6.45, 7) is 18.2. The molecule has 0 spiro atoms. The van der Waals surface area contributed by atoms with E-state index in [0.29, 0.717) is 51.7 Å². The number of nitrogens with one attached hydrogen (secondary N) is 1. The highest BCUT2D eigenvalue weighted by atomic mass is 16.7. The molecule has 3 saturated heterocycles. The predicted octanol–water partition coefficient (Wildman–Crippen LogP) is 4.61. The zero-order valence-electron chi connectivity index (χ0n) is 32.9. The number of allylic oxidation sites excluding steroid dienone is 1. The molecule has 0 radical (unpaired) electrons. The maximum Gasteiger partial charge on any atom is 0.410 e. The lowest BCUT2D eigenvalue weighted by molar-refractivity contribution is -0.295. The Labute approximate surface area is 309 Å². The molecule has 3 aliphatic rings. The van der Waals surface area contributed by atoms with Crippen molar-refractivity contribution in [2.45, 2.75) is 147 Å². The second-order valence-electron chi connectivity index (χ2n) is 15.6. The van der Waals surface area contributed by atoms with Gasteiger partial charge in [-0.3, -0.25) is 14.5 Å². The zero-order valence-corrected chi connectivity index (χ0v) is 32.9. The highest BCUT2D eigenvalue weighted by Crippen LogP contribution is 2.40. The van der Waals surface area contributed by atoms with Crippen LogP contribution >= 0.6 is 0 Å². The lowest BCUT2D eigenvalue weighted by Crippen LogP contribution is -2.61. The Morgan fingerprint density at radius 1 is 1.19 bits per heavy atom. The van der Waals surface area contributed by atoms with Gasteiger partial charge in [-0.15, -0.1) is 6.58 Å². The van der Waals surface area contributed by atoms with Gasteiger partial charge in [0.05, 0.1) is 23.9 Å². The molecule has 2 N–H and O–H groups in total. The molecular weight excluding hydrogens is 672 g/mol. The van der Waals surface area contributed by atoms with E-state index in [1.807, 2.05) is 46.7 Å². The van der Waals surface area contributed by atoms with Crippen LogP contribution in [0.5, 0.6) is 0 Å². The molecule has 0 aromatic carbocycles. The van der Waals surface area contributed by atoms with Gasteiger partial charge in [0.2, 0.25) is 0 Å². The van der Waals surface area contributed by atoms with Crippen LogP contribution in [-0.4, -0.2) is 134 Å². The first kappa shape index (κ1) is 43.6. The number of fused-ring (bicyclic) bond motifs is 1. The number of amides is 1. The van der Waals surface area contributed by atoms with Crippen LogP contribution in [0.25, 0.3) is 10.4 Å². The van der Waals surface area contributed by atoms with Crippen molar-refractivity contribution in [3.63, 3.8) is 0 Å². The average Bonchev–Trinajstić information content (AvgIpc) is 3.36. The fraction of sp³-hybridized carbons (Fsp3) is 0.865. The van der Waals surface area contributed by atoms with Crippen LogP contribution in [0.3, 0.4) is 0 Å². The van der Waals surface area contributed by atoms with Crippen LogP contribution in [-0.2, 0) is 33.3 Å². The number of ether oxygens (including phenoxy) is 5. The van der Waals surface area contributed by atoms with Crippen LogP contribution in [0.4, 0.5) is 4.79 Å². The van der Waals surface area contributed by atoms with Crippen molar-refractivity contribution in [2.75, 3.05) is 40.8 Å². The van der Waals surface area contributed by atoms with Crippen LogP contribution in [0.15, 0.2) is 17.8 Å². The first-order valence-electron chi connectivity index (χ1n) is 18.8. The summed E-state index contributed by atoms with van der Waals surface area (Å²) >= 11 is 0. The Morgan fingerprint density at radius 2 is 1.88 bits per heavy atom. The third-order valence-corrected chi connectivity index (χ3v) is 11.3. The average molecular weight is 737 g/mol. The molecule has 52 heavy (non-hydrogen) atoms. The van der Waals surface area contributed by atoms with E-state index in [1.54, 1.807) is 25.9 Å². The maximum atomic E-state index is 14.6. The van der Waals surface area contributed by atoms with Gasteiger partial charge in [0.15, 0.2) is 17.7 Å². The van der Waals surface area contributed by atoms with Crippen molar-refractivity contribution in [3.05, 3.63) is 23.1 Å². The van der Waals surface area contributed by atoms with Gasteiger partial charge >= 0.3 is 12.1 Å². The van der Waals surface area contributed by atoms with E-state index in [9.17, 15) is 19.5 Å². The topological polar surface area (TPSA) is 185 Å². The minimum absolute atomic E-state index is 0.0166. The summed E-state index contributed by atoms with van der Waals surface area (Å²) in [5.74, 6) is -3.32. The van der Waals surface area contributed by atoms with Crippen molar-refractivity contribution >= 4 is 17.8 Å². The molecule has 3 heterocycles. The highest BCUT2D eigenvalue weighted by molar-refractivity contribution is 6.00. The van der Waals surface area contributed by atoms with E-state index in [4.69, 9.17) is 29.2 Å². The van der Waals surface area contributed by atoms with Gasteiger partial charge in [-0.1, -0.05) is 32.0 Å². The normalized spacial score (nSPS) is 39.5. The van der Waals surface area contributed by atoms with Gasteiger partial charge in [-0.2, -0.15) is 0 Å². The Morgan fingerprint density at radius 3 is 2.48 bits per heavy atom. The number of aliphatic hydroxyl groups is 1. The standard InChI is InChI=1S/C37H64N6O9/c1-12-16-26-29(44)24(5)32(51-34-30(45)27(42(9)10)19-23(4)49-34)36(7,48-11)20-22(3)21-39-25(6)31-37(8,28(13-2)50-33(26)46)52-35(47)43(31)18-15-14-17-40-41-38/h12,22-28,30-32,34,39,45H,1,13-21H2,2-11H3/t22-,23-,24+,25-,26-,27?,28-,30?,31-,32-,34+,36-,37-/m1/s1. The molecule has 296 valence electrons. The van der Waals surface area contributed by atoms with Crippen molar-refractivity contribution < 1.29 is 43.2 Å². The number of Topliss-reactive ketones (excluding diaryl/α,β-unsaturated/α-hetero) is 1. The van der Waals surface area contributed by atoms with Gasteiger partial charge < -0.3 is 39.0 Å². The number of unbranched alkanes of at least 4 members (excludes halogenated alkanes) is 1. The van der Waals surface area contributed by atoms with Crippen molar-refractivity contribution in [1.29, 1.82) is 0 Å². The number of methoxy groups -OCH3 is 1. The van der Waals surface area contributed by atoms with Gasteiger partial charge in [0.1, 0.15) is 18.1 Å². The van der Waals surface area contributed by atoms with Crippen LogP contribution in [0.2, 0.25) is 0 Å². The number of likely N-dealkylation sites (N-methyl/N-ethyl adjacent to an activating group) is 1. The molecule has 3 aliphatic heterocycles. The molecule has 1 amide bonds. The number of azide groups is 1. The molecule has 3 fully saturated rings. The second-order valence-corrected chi connectivity index (χ2v) is 15.6. The van der Waals surface area contributed by atoms with E-state index < -0.39 is 71.5 Å². The first-order valence-corrected chi connectivity index (χ1v) is 18.8. The number of rotatable bonds is 12. The van der Waals surface area contributed by atoms with Crippen molar-refractivity contribution in [2.24, 2.45) is 22.9 Å². The number of hydrogen-bond acceptors (Lipinski definition) is 12. The number of carbonyl (C=O) groups excluding carboxylic acids is 3. The largest absolute Gasteiger partial charge is 0.457 e. The van der Waals surface area contributed by atoms with Gasteiger partial charge in [-0.05, 0) is 98.3 Å². The Balaban J connectivity index is 2.09. The molecule has 0 aromatic rings. The molecule has 13 atom stereocenters. The number of hydrogen-bond donors (Lipinski definition) is 2. The molecular formula is C37H64N6O9. The van der Waals surface area contributed by atoms with E-state index in [0.717, 1.165) is 0 Å². The molecule has 2 unspecified atom stereocenters. The summed E-state index contributed by atoms with van der Waals surface area (Å²) in [4.78, 5) is 48.7. The monoisotopic (exact) mass is 736 g/mol. The van der Waals surface area contributed by atoms with Crippen LogP contribution in [0, 0.1) is 17.8 Å². The minimum Gasteiger partial charge on any atom is -0.457 e. The van der Waals surface area contributed by atoms with E-state index in [2.05, 4.69) is 28.8 Å². The summed E-state index contributed by atoms with van der Waals surface area (Å²) in [6.07, 6.45) is -0.550. The molecule has 0 aromatic heterocycles. The molecule has 15 heteroatoms. The van der Waals surface area contributed by atoms with Crippen LogP contribution < -0.4 is 5.32 Å². The summed E-state index contributed by atoms with van der Waals surface area (Å²) in [5.41, 5.74) is 6.36. The highest BCUT2D eigenvalue weighted by Gasteiger charge is 2.59. The summed E-state index contributed by atoms with van der Waals surface area (Å²) in [5, 5.41) is 18.7. The van der Waals surface area contributed by atoms with Gasteiger partial charge in [0.25, 0.3) is 0 Å². The fourth-order valence-corrected chi connectivity index (χ4v) is 8.45.